The van der Waals surface area contributed by atoms with Crippen molar-refractivity contribution < 1.29 is 9.13 Å². The van der Waals surface area contributed by atoms with Gasteiger partial charge in [-0.1, -0.05) is 18.2 Å². The van der Waals surface area contributed by atoms with Crippen LogP contribution in [0.1, 0.15) is 16.7 Å². The molecule has 0 aliphatic rings. The molecule has 0 saturated heterocycles. The number of nitrogens with two attached hydrogens (primary N) is 1. The molecule has 7 heteroatoms. The first-order valence-corrected chi connectivity index (χ1v) is 7.56. The SMILES string of the molecule is N#Cc1c(N)nc(OCc2ccncc2)c(C#N)c1-c1ccccc1F. The summed E-state index contributed by atoms with van der Waals surface area (Å²) in [5.41, 5.74) is 6.71. The van der Waals surface area contributed by atoms with E-state index in [9.17, 15) is 14.9 Å². The molecule has 0 aliphatic heterocycles. The van der Waals surface area contributed by atoms with Gasteiger partial charge >= 0.3 is 0 Å². The first-order chi connectivity index (χ1) is 12.7. The fourth-order valence-corrected chi connectivity index (χ4v) is 2.47. The molecule has 6 nitrogen and oxygen atoms in total. The van der Waals surface area contributed by atoms with Crippen LogP contribution in [0.3, 0.4) is 0 Å². The second-order valence-electron chi connectivity index (χ2n) is 5.27. The lowest BCUT2D eigenvalue weighted by Crippen LogP contribution is -2.07. The van der Waals surface area contributed by atoms with Crippen molar-refractivity contribution in [1.29, 1.82) is 10.5 Å². The molecule has 0 radical (unpaired) electrons. The van der Waals surface area contributed by atoms with Crippen molar-refractivity contribution in [3.05, 3.63) is 71.3 Å². The molecule has 26 heavy (non-hydrogen) atoms. The van der Waals surface area contributed by atoms with Gasteiger partial charge in [0.1, 0.15) is 41.5 Å². The third-order valence-electron chi connectivity index (χ3n) is 3.68. The van der Waals surface area contributed by atoms with Crippen LogP contribution >= 0.6 is 0 Å². The van der Waals surface area contributed by atoms with Gasteiger partial charge in [-0.2, -0.15) is 15.5 Å². The van der Waals surface area contributed by atoms with Gasteiger partial charge in [0.25, 0.3) is 0 Å². The van der Waals surface area contributed by atoms with E-state index >= 15 is 0 Å². The largest absolute Gasteiger partial charge is 0.472 e. The molecule has 2 heterocycles. The number of aromatic nitrogens is 2. The molecule has 0 fully saturated rings. The minimum absolute atomic E-state index is 0.0464. The van der Waals surface area contributed by atoms with E-state index in [0.717, 1.165) is 5.56 Å². The van der Waals surface area contributed by atoms with Crippen LogP contribution in [0.15, 0.2) is 48.8 Å². The van der Waals surface area contributed by atoms with E-state index in [4.69, 9.17) is 10.5 Å². The lowest BCUT2D eigenvalue weighted by atomic mass is 9.96. The highest BCUT2D eigenvalue weighted by molar-refractivity contribution is 5.82. The molecule has 0 atom stereocenters. The van der Waals surface area contributed by atoms with E-state index < -0.39 is 5.82 Å². The Hall–Kier alpha value is -3.97. The Morgan fingerprint density at radius 2 is 1.73 bits per heavy atom. The number of anilines is 1. The van der Waals surface area contributed by atoms with Crippen LogP contribution in [0.25, 0.3) is 11.1 Å². The number of hydrogen-bond donors (Lipinski definition) is 1. The minimum atomic E-state index is -0.578. The minimum Gasteiger partial charge on any atom is -0.472 e. The molecule has 126 valence electrons. The second kappa shape index (κ2) is 7.29. The molecule has 3 rings (SSSR count). The molecule has 0 unspecified atom stereocenters. The molecule has 0 aliphatic carbocycles. The average molecular weight is 345 g/mol. The van der Waals surface area contributed by atoms with Crippen LogP contribution < -0.4 is 10.5 Å². The number of pyridine rings is 2. The van der Waals surface area contributed by atoms with Gasteiger partial charge in [-0.3, -0.25) is 4.98 Å². The van der Waals surface area contributed by atoms with Crippen LogP contribution in [0.2, 0.25) is 0 Å². The summed E-state index contributed by atoms with van der Waals surface area (Å²) < 4.78 is 19.9. The standard InChI is InChI=1S/C19H12FN5O/c20-16-4-2-1-3-13(16)17-14(9-21)18(23)25-19(15(17)10-22)26-11-12-5-7-24-8-6-12/h1-8H,11H2,(H2,23,25). The Bertz CT molecular complexity index is 1040. The van der Waals surface area contributed by atoms with Crippen molar-refractivity contribution in [1.82, 2.24) is 9.97 Å². The molecule has 2 aromatic heterocycles. The number of ether oxygens (including phenoxy) is 1. The van der Waals surface area contributed by atoms with Crippen molar-refractivity contribution >= 4 is 5.82 Å². The fraction of sp³-hybridized carbons (Fsp3) is 0.0526. The van der Waals surface area contributed by atoms with Crippen LogP contribution in [-0.2, 0) is 6.61 Å². The van der Waals surface area contributed by atoms with Crippen LogP contribution in [0, 0.1) is 28.5 Å². The Morgan fingerprint density at radius 3 is 2.38 bits per heavy atom. The molecular formula is C19H12FN5O. The second-order valence-corrected chi connectivity index (χ2v) is 5.27. The van der Waals surface area contributed by atoms with E-state index in [2.05, 4.69) is 9.97 Å². The van der Waals surface area contributed by atoms with Crippen molar-refractivity contribution in [3.63, 3.8) is 0 Å². The topological polar surface area (TPSA) is 109 Å². The molecule has 0 spiro atoms. The summed E-state index contributed by atoms with van der Waals surface area (Å²) in [7, 11) is 0. The number of halogens is 1. The Balaban J connectivity index is 2.14. The third kappa shape index (κ3) is 3.14. The highest BCUT2D eigenvalue weighted by atomic mass is 19.1. The van der Waals surface area contributed by atoms with Gasteiger partial charge in [-0.15, -0.1) is 0 Å². The highest BCUT2D eigenvalue weighted by Gasteiger charge is 2.23. The predicted molar refractivity (Wildman–Crippen MR) is 92.0 cm³/mol. The summed E-state index contributed by atoms with van der Waals surface area (Å²) in [5.74, 6) is -0.764. The molecule has 0 saturated carbocycles. The highest BCUT2D eigenvalue weighted by Crippen LogP contribution is 2.36. The molecule has 0 amide bonds. The summed E-state index contributed by atoms with van der Waals surface area (Å²) in [5, 5.41) is 19.0. The van der Waals surface area contributed by atoms with Crippen LogP contribution in [-0.4, -0.2) is 9.97 Å². The van der Waals surface area contributed by atoms with Crippen molar-refractivity contribution in [2.24, 2.45) is 0 Å². The van der Waals surface area contributed by atoms with Gasteiger partial charge < -0.3 is 10.5 Å². The van der Waals surface area contributed by atoms with E-state index in [1.165, 1.54) is 18.2 Å². The molecular weight excluding hydrogens is 333 g/mol. The van der Waals surface area contributed by atoms with Gasteiger partial charge in [0.15, 0.2) is 0 Å². The van der Waals surface area contributed by atoms with Gasteiger partial charge in [0.2, 0.25) is 5.88 Å². The molecule has 1 aromatic carbocycles. The fourth-order valence-electron chi connectivity index (χ4n) is 2.47. The monoisotopic (exact) mass is 345 g/mol. The lowest BCUT2D eigenvalue weighted by Gasteiger charge is -2.14. The van der Waals surface area contributed by atoms with E-state index in [-0.39, 0.29) is 40.6 Å². The zero-order valence-electron chi connectivity index (χ0n) is 13.5. The van der Waals surface area contributed by atoms with Gasteiger partial charge in [-0.05, 0) is 23.8 Å². The van der Waals surface area contributed by atoms with Crippen LogP contribution in [0.4, 0.5) is 10.2 Å². The van der Waals surface area contributed by atoms with E-state index in [1.54, 1.807) is 30.6 Å². The zero-order valence-corrected chi connectivity index (χ0v) is 13.5. The van der Waals surface area contributed by atoms with E-state index in [0.29, 0.717) is 0 Å². The molecule has 3 aromatic rings. The van der Waals surface area contributed by atoms with Crippen molar-refractivity contribution in [2.45, 2.75) is 6.61 Å². The summed E-state index contributed by atoms with van der Waals surface area (Å²) in [6.45, 7) is 0.117. The predicted octanol–water partition coefficient (Wildman–Crippen LogP) is 3.19. The van der Waals surface area contributed by atoms with Gasteiger partial charge in [-0.25, -0.2) is 4.39 Å². The normalized spacial score (nSPS) is 9.96. The Morgan fingerprint density at radius 1 is 1.04 bits per heavy atom. The number of nitrogen functional groups attached to an aromatic ring is 1. The molecule has 0 bridgehead atoms. The zero-order chi connectivity index (χ0) is 18.5. The maximum Gasteiger partial charge on any atom is 0.234 e. The number of hydrogen-bond acceptors (Lipinski definition) is 6. The quantitative estimate of drug-likeness (QED) is 0.778. The number of rotatable bonds is 4. The number of benzene rings is 1. The van der Waals surface area contributed by atoms with Gasteiger partial charge in [0, 0.05) is 23.5 Å². The smallest absolute Gasteiger partial charge is 0.234 e. The summed E-state index contributed by atoms with van der Waals surface area (Å²) in [6.07, 6.45) is 3.21. The maximum absolute atomic E-state index is 14.3. The lowest BCUT2D eigenvalue weighted by molar-refractivity contribution is 0.293. The number of nitrogens with zero attached hydrogens (tertiary/aromatic N) is 4. The van der Waals surface area contributed by atoms with Crippen molar-refractivity contribution in [2.75, 3.05) is 5.73 Å². The summed E-state index contributed by atoms with van der Waals surface area (Å²) >= 11 is 0. The summed E-state index contributed by atoms with van der Waals surface area (Å²) in [4.78, 5) is 7.93. The Labute approximate surface area is 148 Å². The third-order valence-corrected chi connectivity index (χ3v) is 3.68. The first kappa shape index (κ1) is 16.9. The number of nitriles is 2. The summed E-state index contributed by atoms with van der Waals surface area (Å²) in [6, 6.07) is 13.2. The molecule has 2 N–H and O–H groups in total. The first-order valence-electron chi connectivity index (χ1n) is 7.56. The van der Waals surface area contributed by atoms with Gasteiger partial charge in [0.05, 0.1) is 0 Å². The Kier molecular flexibility index (Phi) is 4.73. The van der Waals surface area contributed by atoms with Crippen LogP contribution in [0.5, 0.6) is 5.88 Å². The maximum atomic E-state index is 14.3. The van der Waals surface area contributed by atoms with E-state index in [1.807, 2.05) is 12.1 Å². The van der Waals surface area contributed by atoms with Crippen molar-refractivity contribution in [3.8, 4) is 29.1 Å². The average Bonchev–Trinajstić information content (AvgIpc) is 2.67.